The van der Waals surface area contributed by atoms with Crippen LogP contribution in [0.4, 0.5) is 0 Å². The standard InChI is InChI=1S/C9H8N2O/c1-5-3-4-10-8-7(5)6(2)9(12)11-8/h3-4H,1-2H3. The van der Waals surface area contributed by atoms with Gasteiger partial charge in [0.05, 0.1) is 0 Å². The molecule has 0 spiro atoms. The van der Waals surface area contributed by atoms with Crippen LogP contribution in [-0.2, 0) is 4.79 Å². The Morgan fingerprint density at radius 2 is 2.08 bits per heavy atom. The van der Waals surface area contributed by atoms with E-state index in [1.165, 1.54) is 0 Å². The third-order valence-corrected chi connectivity index (χ3v) is 2.04. The second-order valence-corrected chi connectivity index (χ2v) is 2.87. The first-order valence-electron chi connectivity index (χ1n) is 3.76. The average molecular weight is 160 g/mol. The SMILES string of the molecule is CC1=c2c(C)ccnc2=NC1=O. The highest BCUT2D eigenvalue weighted by Crippen LogP contribution is 1.98. The predicted molar refractivity (Wildman–Crippen MR) is 43.8 cm³/mol. The number of aromatic nitrogens is 1. The highest BCUT2D eigenvalue weighted by molar-refractivity contribution is 6.14. The number of carbonyl (C=O) groups excluding carboxylic acids is 1. The Labute approximate surface area is 69.5 Å². The highest BCUT2D eigenvalue weighted by Gasteiger charge is 2.12. The molecule has 0 saturated carbocycles. The molecule has 0 radical (unpaired) electrons. The van der Waals surface area contributed by atoms with E-state index in [9.17, 15) is 4.79 Å². The summed E-state index contributed by atoms with van der Waals surface area (Å²) in [5, 5.41) is 0.905. The number of nitrogens with zero attached hydrogens (tertiary/aromatic N) is 2. The molecule has 0 bridgehead atoms. The van der Waals surface area contributed by atoms with Crippen LogP contribution in [-0.4, -0.2) is 10.9 Å². The molecular formula is C9H8N2O. The molecule has 2 rings (SSSR count). The first-order valence-corrected chi connectivity index (χ1v) is 3.76. The topological polar surface area (TPSA) is 42.3 Å². The molecule has 2 heterocycles. The number of aryl methyl sites for hydroxylation is 1. The van der Waals surface area contributed by atoms with Gasteiger partial charge < -0.3 is 0 Å². The number of fused-ring (bicyclic) bond motifs is 1. The van der Waals surface area contributed by atoms with Crippen molar-refractivity contribution >= 4 is 11.5 Å². The summed E-state index contributed by atoms with van der Waals surface area (Å²) in [7, 11) is 0. The Balaban J connectivity index is 3.04. The zero-order chi connectivity index (χ0) is 8.72. The van der Waals surface area contributed by atoms with Crippen LogP contribution in [0.25, 0.3) is 5.57 Å². The maximum atomic E-state index is 11.1. The summed E-state index contributed by atoms with van der Waals surface area (Å²) in [4.78, 5) is 19.0. The summed E-state index contributed by atoms with van der Waals surface area (Å²) in [6.07, 6.45) is 1.67. The van der Waals surface area contributed by atoms with Crippen molar-refractivity contribution < 1.29 is 4.79 Å². The highest BCUT2D eigenvalue weighted by atomic mass is 16.1. The van der Waals surface area contributed by atoms with Gasteiger partial charge in [0.2, 0.25) is 0 Å². The Bertz CT molecular complexity index is 474. The van der Waals surface area contributed by atoms with Crippen molar-refractivity contribution in [3.05, 3.63) is 28.5 Å². The van der Waals surface area contributed by atoms with E-state index >= 15 is 0 Å². The number of pyridine rings is 1. The van der Waals surface area contributed by atoms with Crippen LogP contribution in [0.5, 0.6) is 0 Å². The van der Waals surface area contributed by atoms with Crippen molar-refractivity contribution in [1.82, 2.24) is 4.98 Å². The van der Waals surface area contributed by atoms with Crippen molar-refractivity contribution in [1.29, 1.82) is 0 Å². The molecule has 1 aliphatic heterocycles. The Morgan fingerprint density at radius 1 is 1.33 bits per heavy atom. The maximum absolute atomic E-state index is 11.1. The fourth-order valence-electron chi connectivity index (χ4n) is 1.38. The van der Waals surface area contributed by atoms with E-state index in [0.717, 1.165) is 10.8 Å². The van der Waals surface area contributed by atoms with Crippen LogP contribution in [0.3, 0.4) is 0 Å². The molecule has 0 saturated heterocycles. The maximum Gasteiger partial charge on any atom is 0.275 e. The summed E-state index contributed by atoms with van der Waals surface area (Å²) in [5.41, 5.74) is 2.33. The molecule has 0 fully saturated rings. The molecule has 0 atom stereocenters. The smallest absolute Gasteiger partial charge is 0.267 e. The van der Waals surface area contributed by atoms with Gasteiger partial charge in [-0.05, 0) is 25.5 Å². The first-order chi connectivity index (χ1) is 5.70. The van der Waals surface area contributed by atoms with Gasteiger partial charge in [0.1, 0.15) is 0 Å². The summed E-state index contributed by atoms with van der Waals surface area (Å²) in [6.45, 7) is 3.74. The summed E-state index contributed by atoms with van der Waals surface area (Å²) >= 11 is 0. The van der Waals surface area contributed by atoms with Crippen LogP contribution >= 0.6 is 0 Å². The molecule has 1 amide bonds. The van der Waals surface area contributed by atoms with E-state index < -0.39 is 0 Å². The Kier molecular flexibility index (Phi) is 1.33. The molecule has 1 aromatic heterocycles. The second-order valence-electron chi connectivity index (χ2n) is 2.87. The summed E-state index contributed by atoms with van der Waals surface area (Å²) < 4.78 is 0. The van der Waals surface area contributed by atoms with Gasteiger partial charge in [-0.15, -0.1) is 0 Å². The van der Waals surface area contributed by atoms with Gasteiger partial charge in [-0.1, -0.05) is 0 Å². The van der Waals surface area contributed by atoms with Crippen LogP contribution < -0.4 is 10.7 Å². The zero-order valence-corrected chi connectivity index (χ0v) is 6.96. The minimum Gasteiger partial charge on any atom is -0.267 e. The number of hydrogen-bond acceptors (Lipinski definition) is 2. The van der Waals surface area contributed by atoms with Gasteiger partial charge in [0, 0.05) is 17.0 Å². The molecule has 0 unspecified atom stereocenters. The van der Waals surface area contributed by atoms with Crippen LogP contribution in [0.15, 0.2) is 17.3 Å². The van der Waals surface area contributed by atoms with E-state index in [1.54, 1.807) is 13.1 Å². The number of hydrogen-bond donors (Lipinski definition) is 0. The van der Waals surface area contributed by atoms with Crippen LogP contribution in [0, 0.1) is 6.92 Å². The van der Waals surface area contributed by atoms with E-state index in [1.807, 2.05) is 13.0 Å². The van der Waals surface area contributed by atoms with Gasteiger partial charge in [-0.3, -0.25) is 4.79 Å². The normalized spacial score (nSPS) is 14.5. The van der Waals surface area contributed by atoms with Crippen molar-refractivity contribution in [3.63, 3.8) is 0 Å². The second kappa shape index (κ2) is 2.24. The fourth-order valence-corrected chi connectivity index (χ4v) is 1.38. The van der Waals surface area contributed by atoms with Gasteiger partial charge in [0.25, 0.3) is 5.91 Å². The average Bonchev–Trinajstić information content (AvgIpc) is 2.29. The molecule has 1 aliphatic rings. The zero-order valence-electron chi connectivity index (χ0n) is 6.96. The molecule has 3 nitrogen and oxygen atoms in total. The minimum absolute atomic E-state index is 0.160. The Hall–Kier alpha value is -1.51. The predicted octanol–water partition coefficient (Wildman–Crippen LogP) is -0.280. The lowest BCUT2D eigenvalue weighted by Gasteiger charge is -1.90. The third kappa shape index (κ3) is 0.794. The summed E-state index contributed by atoms with van der Waals surface area (Å²) in [5.74, 6) is -0.160. The fraction of sp³-hybridized carbons (Fsp3) is 0.222. The lowest BCUT2D eigenvalue weighted by Crippen LogP contribution is -2.28. The number of carbonyl (C=O) groups is 1. The van der Waals surface area contributed by atoms with Gasteiger partial charge in [-0.25, -0.2) is 4.98 Å². The summed E-state index contributed by atoms with van der Waals surface area (Å²) in [6, 6.07) is 1.89. The van der Waals surface area contributed by atoms with Crippen molar-refractivity contribution in [2.24, 2.45) is 4.99 Å². The van der Waals surface area contributed by atoms with Gasteiger partial charge >= 0.3 is 0 Å². The minimum atomic E-state index is -0.160. The van der Waals surface area contributed by atoms with Crippen molar-refractivity contribution in [2.45, 2.75) is 13.8 Å². The first kappa shape index (κ1) is 7.16. The van der Waals surface area contributed by atoms with Gasteiger partial charge in [0.15, 0.2) is 5.49 Å². The molecule has 60 valence electrons. The van der Waals surface area contributed by atoms with E-state index in [0.29, 0.717) is 11.1 Å². The van der Waals surface area contributed by atoms with Crippen molar-refractivity contribution in [3.8, 4) is 0 Å². The third-order valence-electron chi connectivity index (χ3n) is 2.04. The number of rotatable bonds is 0. The molecule has 12 heavy (non-hydrogen) atoms. The molecule has 0 aliphatic carbocycles. The molecular weight excluding hydrogens is 152 g/mol. The lowest BCUT2D eigenvalue weighted by molar-refractivity contribution is -0.112. The quantitative estimate of drug-likeness (QED) is 0.524. The van der Waals surface area contributed by atoms with E-state index in [2.05, 4.69) is 9.98 Å². The van der Waals surface area contributed by atoms with Crippen molar-refractivity contribution in [2.75, 3.05) is 0 Å². The van der Waals surface area contributed by atoms with Crippen LogP contribution in [0.1, 0.15) is 12.5 Å². The molecule has 1 aromatic rings. The Morgan fingerprint density at radius 3 is 2.75 bits per heavy atom. The van der Waals surface area contributed by atoms with Gasteiger partial charge in [-0.2, -0.15) is 4.99 Å². The number of amides is 1. The molecule has 0 N–H and O–H groups in total. The monoisotopic (exact) mass is 160 g/mol. The lowest BCUT2D eigenvalue weighted by atomic mass is 10.1. The van der Waals surface area contributed by atoms with E-state index in [4.69, 9.17) is 0 Å². The molecule has 0 aromatic carbocycles. The van der Waals surface area contributed by atoms with Crippen LogP contribution in [0.2, 0.25) is 0 Å². The van der Waals surface area contributed by atoms with E-state index in [-0.39, 0.29) is 5.91 Å². The molecule has 3 heteroatoms. The largest absolute Gasteiger partial charge is 0.275 e.